The molecule has 0 aliphatic heterocycles. The van der Waals surface area contributed by atoms with E-state index in [9.17, 15) is 4.79 Å². The highest BCUT2D eigenvalue weighted by molar-refractivity contribution is 7.15. The van der Waals surface area contributed by atoms with Crippen LogP contribution in [0.25, 0.3) is 0 Å². The predicted octanol–water partition coefficient (Wildman–Crippen LogP) is 2.06. The van der Waals surface area contributed by atoms with Crippen LogP contribution in [0.3, 0.4) is 0 Å². The molecule has 2 aromatic heterocycles. The van der Waals surface area contributed by atoms with Crippen molar-refractivity contribution in [2.24, 2.45) is 0 Å². The van der Waals surface area contributed by atoms with Gasteiger partial charge in [0.15, 0.2) is 5.13 Å². The molecule has 0 radical (unpaired) electrons. The number of rotatable bonds is 3. The van der Waals surface area contributed by atoms with Gasteiger partial charge in [-0.15, -0.1) is 11.3 Å². The number of hydrogen-bond acceptors (Lipinski definition) is 5. The average Bonchev–Trinajstić information content (AvgIpc) is 2.70. The summed E-state index contributed by atoms with van der Waals surface area (Å²) in [6.45, 7) is 4.03. The van der Waals surface area contributed by atoms with Crippen LogP contribution in [0, 0.1) is 6.92 Å². The van der Waals surface area contributed by atoms with E-state index in [0.717, 1.165) is 17.0 Å². The quantitative estimate of drug-likeness (QED) is 0.902. The van der Waals surface area contributed by atoms with Crippen LogP contribution in [0.2, 0.25) is 0 Å². The van der Waals surface area contributed by atoms with Gasteiger partial charge in [0, 0.05) is 17.3 Å². The van der Waals surface area contributed by atoms with E-state index in [1.54, 1.807) is 0 Å². The fraction of sp³-hybridized carbons (Fsp3) is 0.273. The molecule has 2 heterocycles. The number of aromatic nitrogens is 3. The Hall–Kier alpha value is -1.82. The van der Waals surface area contributed by atoms with Crippen molar-refractivity contribution >= 4 is 22.4 Å². The van der Waals surface area contributed by atoms with Gasteiger partial charge in [0.2, 0.25) is 0 Å². The molecule has 2 rings (SSSR count). The van der Waals surface area contributed by atoms with E-state index in [2.05, 4.69) is 20.3 Å². The van der Waals surface area contributed by atoms with Crippen molar-refractivity contribution in [1.82, 2.24) is 15.0 Å². The first-order valence-corrected chi connectivity index (χ1v) is 6.06. The fourth-order valence-electron chi connectivity index (χ4n) is 1.39. The zero-order valence-corrected chi connectivity index (χ0v) is 10.4. The van der Waals surface area contributed by atoms with Crippen molar-refractivity contribution in [3.05, 3.63) is 34.9 Å². The summed E-state index contributed by atoms with van der Waals surface area (Å²) in [7, 11) is 0. The lowest BCUT2D eigenvalue weighted by Gasteiger charge is -1.99. The standard InChI is InChI=1S/C11H12N4OS/c1-3-8-7(2)17-11(14-8)15-10(16)9-6-12-4-5-13-9/h4-6H,3H2,1-2H3,(H,14,15,16). The molecular formula is C11H12N4OS. The number of amides is 1. The summed E-state index contributed by atoms with van der Waals surface area (Å²) in [6.07, 6.45) is 5.30. The second kappa shape index (κ2) is 5.01. The smallest absolute Gasteiger partial charge is 0.277 e. The van der Waals surface area contributed by atoms with Crippen LogP contribution in [-0.4, -0.2) is 20.9 Å². The Labute approximate surface area is 103 Å². The van der Waals surface area contributed by atoms with Crippen LogP contribution < -0.4 is 5.32 Å². The Kier molecular flexibility index (Phi) is 3.43. The van der Waals surface area contributed by atoms with Gasteiger partial charge in [-0.25, -0.2) is 9.97 Å². The molecule has 17 heavy (non-hydrogen) atoms. The third-order valence-electron chi connectivity index (χ3n) is 2.24. The number of aryl methyl sites for hydroxylation is 2. The van der Waals surface area contributed by atoms with Crippen molar-refractivity contribution in [3.63, 3.8) is 0 Å². The van der Waals surface area contributed by atoms with Gasteiger partial charge in [-0.3, -0.25) is 15.1 Å². The predicted molar refractivity (Wildman–Crippen MR) is 66.2 cm³/mol. The summed E-state index contributed by atoms with van der Waals surface area (Å²) in [5, 5.41) is 3.33. The Bertz CT molecular complexity index is 524. The van der Waals surface area contributed by atoms with Crippen LogP contribution in [0.1, 0.15) is 28.0 Å². The molecule has 0 aromatic carbocycles. The Morgan fingerprint density at radius 2 is 2.29 bits per heavy atom. The highest BCUT2D eigenvalue weighted by Gasteiger charge is 2.11. The van der Waals surface area contributed by atoms with Crippen LogP contribution >= 0.6 is 11.3 Å². The van der Waals surface area contributed by atoms with E-state index < -0.39 is 0 Å². The van der Waals surface area contributed by atoms with Crippen LogP contribution in [0.15, 0.2) is 18.6 Å². The molecule has 0 bridgehead atoms. The number of carbonyl (C=O) groups excluding carboxylic acids is 1. The van der Waals surface area contributed by atoms with Gasteiger partial charge in [-0.05, 0) is 13.3 Å². The number of thiazole rings is 1. The highest BCUT2D eigenvalue weighted by Crippen LogP contribution is 2.22. The molecule has 5 nitrogen and oxygen atoms in total. The largest absolute Gasteiger partial charge is 0.296 e. The van der Waals surface area contributed by atoms with Crippen molar-refractivity contribution in [3.8, 4) is 0 Å². The molecule has 0 spiro atoms. The first-order valence-electron chi connectivity index (χ1n) is 5.24. The second-order valence-electron chi connectivity index (χ2n) is 3.42. The topological polar surface area (TPSA) is 67.8 Å². The van der Waals surface area contributed by atoms with Gasteiger partial charge in [0.25, 0.3) is 5.91 Å². The molecular weight excluding hydrogens is 236 g/mol. The van der Waals surface area contributed by atoms with Crippen molar-refractivity contribution in [2.75, 3.05) is 5.32 Å². The third kappa shape index (κ3) is 2.65. The maximum Gasteiger partial charge on any atom is 0.277 e. The molecule has 0 unspecified atom stereocenters. The summed E-state index contributed by atoms with van der Waals surface area (Å²) < 4.78 is 0. The molecule has 0 atom stereocenters. The SMILES string of the molecule is CCc1nc(NC(=O)c2cnccn2)sc1C. The minimum atomic E-state index is -0.283. The summed E-state index contributed by atoms with van der Waals surface area (Å²) in [5.74, 6) is -0.283. The maximum absolute atomic E-state index is 11.8. The van der Waals surface area contributed by atoms with E-state index in [4.69, 9.17) is 0 Å². The zero-order chi connectivity index (χ0) is 12.3. The molecule has 0 fully saturated rings. The highest BCUT2D eigenvalue weighted by atomic mass is 32.1. The molecule has 6 heteroatoms. The van der Waals surface area contributed by atoms with Crippen molar-refractivity contribution < 1.29 is 4.79 Å². The minimum absolute atomic E-state index is 0.283. The molecule has 0 saturated heterocycles. The molecule has 2 aromatic rings. The van der Waals surface area contributed by atoms with Crippen LogP contribution in [0.4, 0.5) is 5.13 Å². The van der Waals surface area contributed by atoms with E-state index in [0.29, 0.717) is 10.8 Å². The van der Waals surface area contributed by atoms with Gasteiger partial charge in [0.1, 0.15) is 5.69 Å². The second-order valence-corrected chi connectivity index (χ2v) is 4.62. The monoisotopic (exact) mass is 248 g/mol. The van der Waals surface area contributed by atoms with Crippen molar-refractivity contribution in [1.29, 1.82) is 0 Å². The number of carbonyl (C=O) groups is 1. The summed E-state index contributed by atoms with van der Waals surface area (Å²) >= 11 is 1.47. The number of hydrogen-bond donors (Lipinski definition) is 1. The number of nitrogens with one attached hydrogen (secondary N) is 1. The normalized spacial score (nSPS) is 10.2. The van der Waals surface area contributed by atoms with E-state index in [-0.39, 0.29) is 5.91 Å². The van der Waals surface area contributed by atoms with Crippen molar-refractivity contribution in [2.45, 2.75) is 20.3 Å². The third-order valence-corrected chi connectivity index (χ3v) is 3.17. The lowest BCUT2D eigenvalue weighted by molar-refractivity contribution is 0.102. The Morgan fingerprint density at radius 3 is 2.88 bits per heavy atom. The van der Waals surface area contributed by atoms with Gasteiger partial charge in [0.05, 0.1) is 11.9 Å². The van der Waals surface area contributed by atoms with Crippen LogP contribution in [-0.2, 0) is 6.42 Å². The molecule has 1 N–H and O–H groups in total. The Morgan fingerprint density at radius 1 is 1.47 bits per heavy atom. The molecule has 0 saturated carbocycles. The van der Waals surface area contributed by atoms with Gasteiger partial charge < -0.3 is 0 Å². The number of nitrogens with zero attached hydrogens (tertiary/aromatic N) is 3. The molecule has 0 aliphatic rings. The molecule has 1 amide bonds. The fourth-order valence-corrected chi connectivity index (χ4v) is 2.28. The molecule has 88 valence electrons. The van der Waals surface area contributed by atoms with E-state index >= 15 is 0 Å². The summed E-state index contributed by atoms with van der Waals surface area (Å²) in [5.41, 5.74) is 1.31. The first-order chi connectivity index (χ1) is 8.20. The minimum Gasteiger partial charge on any atom is -0.296 e. The summed E-state index contributed by atoms with van der Waals surface area (Å²) in [6, 6.07) is 0. The van der Waals surface area contributed by atoms with Gasteiger partial charge in [-0.2, -0.15) is 0 Å². The number of anilines is 1. The lowest BCUT2D eigenvalue weighted by atomic mass is 10.3. The van der Waals surface area contributed by atoms with Gasteiger partial charge in [-0.1, -0.05) is 6.92 Å². The molecule has 0 aliphatic carbocycles. The van der Waals surface area contributed by atoms with Crippen LogP contribution in [0.5, 0.6) is 0 Å². The first kappa shape index (κ1) is 11.7. The lowest BCUT2D eigenvalue weighted by Crippen LogP contribution is -2.13. The van der Waals surface area contributed by atoms with Gasteiger partial charge >= 0.3 is 0 Å². The average molecular weight is 248 g/mol. The summed E-state index contributed by atoms with van der Waals surface area (Å²) in [4.78, 5) is 25.0. The zero-order valence-electron chi connectivity index (χ0n) is 9.60. The maximum atomic E-state index is 11.8. The van der Waals surface area contributed by atoms with E-state index in [1.165, 1.54) is 29.9 Å². The Balaban J connectivity index is 2.13. The van der Waals surface area contributed by atoms with E-state index in [1.807, 2.05) is 13.8 Å².